The number of hydrogen-bond donors (Lipinski definition) is 3. The summed E-state index contributed by atoms with van der Waals surface area (Å²) in [6.07, 6.45) is 3.50. The molecule has 0 bridgehead atoms. The van der Waals surface area contributed by atoms with Crippen LogP contribution in [0.25, 0.3) is 0 Å². The van der Waals surface area contributed by atoms with Gasteiger partial charge in [-0.3, -0.25) is 5.43 Å². The number of ether oxygens (including phenoxy) is 1. The van der Waals surface area contributed by atoms with Gasteiger partial charge in [0, 0.05) is 16.4 Å². The Morgan fingerprint density at radius 3 is 2.79 bits per heavy atom. The average Bonchev–Trinajstić information content (AvgIpc) is 2.94. The van der Waals surface area contributed by atoms with E-state index >= 15 is 0 Å². The minimum Gasteiger partial charge on any atom is -0.493 e. The van der Waals surface area contributed by atoms with Crippen molar-refractivity contribution in [2.24, 2.45) is 5.10 Å². The highest BCUT2D eigenvalue weighted by Gasteiger charge is 2.20. The molecule has 0 fully saturated rings. The summed E-state index contributed by atoms with van der Waals surface area (Å²) in [5.74, 6) is 0.449. The lowest BCUT2D eigenvalue weighted by Gasteiger charge is -2.15. The van der Waals surface area contributed by atoms with Crippen LogP contribution in [0.2, 0.25) is 0 Å². The Bertz CT molecular complexity index is 704. The average molecular weight is 347 g/mol. The van der Waals surface area contributed by atoms with Crippen molar-refractivity contribution in [3.05, 3.63) is 34.3 Å². The van der Waals surface area contributed by atoms with Crippen LogP contribution < -0.4 is 15.6 Å². The molecule has 0 unspecified atom stereocenters. The van der Waals surface area contributed by atoms with Crippen molar-refractivity contribution in [2.75, 3.05) is 12.0 Å². The molecule has 0 aliphatic carbocycles. The number of aryl methyl sites for hydroxylation is 2. The maximum Gasteiger partial charge on any atom is 0.492 e. The standard InChI is InChI=1S/C16H22BN3O3S/c1-4-5-6-23-15-13(7-11(2)8-14(15)17(21)22)9-18-20-16-19-12(3)10-24-16/h7-10,21-22H,4-6H2,1-3H3,(H,19,20). The summed E-state index contributed by atoms with van der Waals surface area (Å²) in [7, 11) is -1.59. The number of aromatic nitrogens is 1. The maximum atomic E-state index is 9.62. The van der Waals surface area contributed by atoms with Crippen molar-refractivity contribution in [1.82, 2.24) is 4.98 Å². The van der Waals surface area contributed by atoms with Crippen LogP contribution in [0.15, 0.2) is 22.6 Å². The van der Waals surface area contributed by atoms with Crippen LogP contribution in [0.4, 0.5) is 5.13 Å². The Morgan fingerprint density at radius 1 is 1.38 bits per heavy atom. The molecular weight excluding hydrogens is 325 g/mol. The molecule has 0 atom stereocenters. The van der Waals surface area contributed by atoms with E-state index in [9.17, 15) is 10.0 Å². The molecule has 1 aromatic carbocycles. The summed E-state index contributed by atoms with van der Waals surface area (Å²) < 4.78 is 5.78. The Hall–Kier alpha value is -1.90. The second-order valence-corrected chi connectivity index (χ2v) is 6.37. The SMILES string of the molecule is CCCCOc1c(C=NNc2nc(C)cs2)cc(C)cc1B(O)O. The van der Waals surface area contributed by atoms with E-state index in [2.05, 4.69) is 22.4 Å². The second kappa shape index (κ2) is 8.82. The number of anilines is 1. The Labute approximate surface area is 146 Å². The van der Waals surface area contributed by atoms with Gasteiger partial charge in [0.2, 0.25) is 5.13 Å². The lowest BCUT2D eigenvalue weighted by atomic mass is 9.77. The number of hydrogen-bond acceptors (Lipinski definition) is 7. The van der Waals surface area contributed by atoms with Gasteiger partial charge in [0.1, 0.15) is 5.75 Å². The predicted molar refractivity (Wildman–Crippen MR) is 99.5 cm³/mol. The molecule has 0 aliphatic heterocycles. The van der Waals surface area contributed by atoms with Crippen molar-refractivity contribution < 1.29 is 14.8 Å². The zero-order valence-electron chi connectivity index (χ0n) is 14.1. The lowest BCUT2D eigenvalue weighted by molar-refractivity contribution is 0.309. The molecule has 3 N–H and O–H groups in total. The molecule has 128 valence electrons. The zero-order chi connectivity index (χ0) is 17.5. The fourth-order valence-electron chi connectivity index (χ4n) is 2.17. The molecule has 24 heavy (non-hydrogen) atoms. The highest BCUT2D eigenvalue weighted by atomic mass is 32.1. The first kappa shape index (κ1) is 18.4. The van der Waals surface area contributed by atoms with E-state index in [1.165, 1.54) is 11.3 Å². The number of unbranched alkanes of at least 4 members (excludes halogenated alkanes) is 1. The molecule has 1 heterocycles. The first-order valence-corrected chi connectivity index (χ1v) is 8.74. The van der Waals surface area contributed by atoms with E-state index in [-0.39, 0.29) is 0 Å². The van der Waals surface area contributed by atoms with Crippen LogP contribution in [-0.2, 0) is 0 Å². The van der Waals surface area contributed by atoms with Gasteiger partial charge in [-0.05, 0) is 26.3 Å². The third-order valence-corrected chi connectivity index (χ3v) is 4.16. The number of hydrazone groups is 1. The molecule has 0 saturated heterocycles. The first-order chi connectivity index (χ1) is 11.5. The highest BCUT2D eigenvalue weighted by Crippen LogP contribution is 2.18. The van der Waals surface area contributed by atoms with Gasteiger partial charge < -0.3 is 14.8 Å². The van der Waals surface area contributed by atoms with Gasteiger partial charge in [-0.15, -0.1) is 11.3 Å². The van der Waals surface area contributed by atoms with Gasteiger partial charge in [0.25, 0.3) is 0 Å². The summed E-state index contributed by atoms with van der Waals surface area (Å²) in [5, 5.41) is 26.1. The van der Waals surface area contributed by atoms with Gasteiger partial charge >= 0.3 is 7.12 Å². The van der Waals surface area contributed by atoms with Crippen LogP contribution in [-0.4, -0.2) is 35.0 Å². The van der Waals surface area contributed by atoms with Gasteiger partial charge in [-0.25, -0.2) is 4.98 Å². The van der Waals surface area contributed by atoms with E-state index in [0.717, 1.165) is 24.1 Å². The van der Waals surface area contributed by atoms with E-state index in [1.807, 2.05) is 25.3 Å². The Balaban J connectivity index is 2.24. The number of benzene rings is 1. The molecule has 2 aromatic rings. The lowest BCUT2D eigenvalue weighted by Crippen LogP contribution is -2.32. The van der Waals surface area contributed by atoms with Crippen LogP contribution in [0, 0.1) is 13.8 Å². The minimum absolute atomic E-state index is 0.345. The molecule has 1 aromatic heterocycles. The molecule has 0 aliphatic rings. The van der Waals surface area contributed by atoms with E-state index < -0.39 is 7.12 Å². The zero-order valence-corrected chi connectivity index (χ0v) is 14.9. The largest absolute Gasteiger partial charge is 0.493 e. The van der Waals surface area contributed by atoms with Gasteiger partial charge in [-0.1, -0.05) is 25.0 Å². The highest BCUT2D eigenvalue weighted by molar-refractivity contribution is 7.13. The van der Waals surface area contributed by atoms with Crippen LogP contribution in [0.5, 0.6) is 5.75 Å². The number of thiazole rings is 1. The van der Waals surface area contributed by atoms with E-state index in [0.29, 0.717) is 28.5 Å². The molecule has 0 saturated carbocycles. The van der Waals surface area contributed by atoms with Crippen molar-refractivity contribution >= 4 is 35.3 Å². The van der Waals surface area contributed by atoms with Crippen LogP contribution in [0.1, 0.15) is 36.6 Å². The summed E-state index contributed by atoms with van der Waals surface area (Å²) in [6.45, 7) is 6.39. The molecular formula is C16H22BN3O3S. The topological polar surface area (TPSA) is 87.0 Å². The Morgan fingerprint density at radius 2 is 2.17 bits per heavy atom. The quantitative estimate of drug-likeness (QED) is 0.295. The molecule has 8 heteroatoms. The monoisotopic (exact) mass is 347 g/mol. The van der Waals surface area contributed by atoms with Crippen LogP contribution >= 0.6 is 11.3 Å². The second-order valence-electron chi connectivity index (χ2n) is 5.51. The maximum absolute atomic E-state index is 9.62. The summed E-state index contributed by atoms with van der Waals surface area (Å²) in [5.41, 5.74) is 5.74. The fourth-order valence-corrected chi connectivity index (χ4v) is 2.80. The Kier molecular flexibility index (Phi) is 6.78. The van der Waals surface area contributed by atoms with E-state index in [4.69, 9.17) is 4.74 Å². The normalized spacial score (nSPS) is 11.0. The molecule has 2 rings (SSSR count). The third-order valence-electron chi connectivity index (χ3n) is 3.30. The smallest absolute Gasteiger partial charge is 0.492 e. The fraction of sp³-hybridized carbons (Fsp3) is 0.375. The van der Waals surface area contributed by atoms with Crippen molar-refractivity contribution in [2.45, 2.75) is 33.6 Å². The summed E-state index contributed by atoms with van der Waals surface area (Å²) >= 11 is 1.47. The van der Waals surface area contributed by atoms with Crippen molar-refractivity contribution in [1.29, 1.82) is 0 Å². The third kappa shape index (κ3) is 5.05. The molecule has 0 radical (unpaired) electrons. The van der Waals surface area contributed by atoms with Crippen LogP contribution in [0.3, 0.4) is 0 Å². The molecule has 0 amide bonds. The van der Waals surface area contributed by atoms with Gasteiger partial charge in [-0.2, -0.15) is 5.10 Å². The van der Waals surface area contributed by atoms with Crippen molar-refractivity contribution in [3.8, 4) is 5.75 Å². The first-order valence-electron chi connectivity index (χ1n) is 7.86. The number of rotatable bonds is 8. The summed E-state index contributed by atoms with van der Waals surface area (Å²) in [6, 6.07) is 3.60. The molecule has 0 spiro atoms. The van der Waals surface area contributed by atoms with Crippen molar-refractivity contribution in [3.63, 3.8) is 0 Å². The van der Waals surface area contributed by atoms with Gasteiger partial charge in [0.15, 0.2) is 0 Å². The molecule has 6 nitrogen and oxygen atoms in total. The van der Waals surface area contributed by atoms with E-state index in [1.54, 1.807) is 12.3 Å². The number of nitrogens with zero attached hydrogens (tertiary/aromatic N) is 2. The van der Waals surface area contributed by atoms with Gasteiger partial charge in [0.05, 0.1) is 18.5 Å². The number of nitrogens with one attached hydrogen (secondary N) is 1. The summed E-state index contributed by atoms with van der Waals surface area (Å²) in [4.78, 5) is 4.27. The minimum atomic E-state index is -1.59. The predicted octanol–water partition coefficient (Wildman–Crippen LogP) is 2.06.